The number of hydrogen-bond donors (Lipinski definition) is 3. The standard InChI is InChI=1S/C13H15Cl3N4O4/c1-2-3-18-6(21)4-19-7(22)5-24-13(23)11-8(14)10(17)9(15)12(16)20-11/h2-5H2,1H3,(H2,17,20)(H,18,21)(H,19,22). The Morgan fingerprint density at radius 1 is 1.12 bits per heavy atom. The van der Waals surface area contributed by atoms with Crippen molar-refractivity contribution in [2.24, 2.45) is 0 Å². The zero-order chi connectivity index (χ0) is 18.3. The molecule has 0 atom stereocenters. The topological polar surface area (TPSA) is 123 Å². The van der Waals surface area contributed by atoms with Gasteiger partial charge in [-0.15, -0.1) is 0 Å². The van der Waals surface area contributed by atoms with Crippen LogP contribution in [-0.4, -0.2) is 42.5 Å². The van der Waals surface area contributed by atoms with E-state index in [-0.39, 0.29) is 39.0 Å². The molecule has 0 unspecified atom stereocenters. The van der Waals surface area contributed by atoms with Crippen LogP contribution in [0.5, 0.6) is 0 Å². The van der Waals surface area contributed by atoms with Crippen LogP contribution in [0, 0.1) is 0 Å². The zero-order valence-corrected chi connectivity index (χ0v) is 14.9. The largest absolute Gasteiger partial charge is 0.451 e. The first-order chi connectivity index (χ1) is 11.3. The molecule has 0 radical (unpaired) electrons. The van der Waals surface area contributed by atoms with E-state index >= 15 is 0 Å². The van der Waals surface area contributed by atoms with Gasteiger partial charge >= 0.3 is 5.97 Å². The Hall–Kier alpha value is -1.77. The highest BCUT2D eigenvalue weighted by Crippen LogP contribution is 2.34. The van der Waals surface area contributed by atoms with Crippen LogP contribution in [0.15, 0.2) is 0 Å². The molecular formula is C13H15Cl3N4O4. The van der Waals surface area contributed by atoms with Gasteiger partial charge in [-0.25, -0.2) is 9.78 Å². The predicted octanol–water partition coefficient (Wildman–Crippen LogP) is 1.42. The van der Waals surface area contributed by atoms with Gasteiger partial charge in [-0.3, -0.25) is 9.59 Å². The molecule has 0 bridgehead atoms. The van der Waals surface area contributed by atoms with Crippen molar-refractivity contribution in [1.82, 2.24) is 15.6 Å². The molecule has 24 heavy (non-hydrogen) atoms. The highest BCUT2D eigenvalue weighted by Gasteiger charge is 2.21. The fourth-order valence-electron chi connectivity index (χ4n) is 1.42. The number of amides is 2. The number of esters is 1. The molecule has 1 aromatic rings. The molecule has 11 heteroatoms. The summed E-state index contributed by atoms with van der Waals surface area (Å²) in [6.45, 7) is 1.55. The third-order valence-corrected chi connectivity index (χ3v) is 3.75. The van der Waals surface area contributed by atoms with Crippen LogP contribution < -0.4 is 16.4 Å². The van der Waals surface area contributed by atoms with E-state index < -0.39 is 18.5 Å². The first-order valence-electron chi connectivity index (χ1n) is 6.78. The van der Waals surface area contributed by atoms with Crippen LogP contribution in [0.25, 0.3) is 0 Å². The molecule has 132 valence electrons. The molecule has 1 rings (SSSR count). The summed E-state index contributed by atoms with van der Waals surface area (Å²) in [6.07, 6.45) is 0.776. The van der Waals surface area contributed by atoms with Crippen molar-refractivity contribution in [3.8, 4) is 0 Å². The fourth-order valence-corrected chi connectivity index (χ4v) is 2.01. The highest BCUT2D eigenvalue weighted by atomic mass is 35.5. The first-order valence-corrected chi connectivity index (χ1v) is 7.91. The van der Waals surface area contributed by atoms with Gasteiger partial charge in [-0.1, -0.05) is 41.7 Å². The third kappa shape index (κ3) is 5.70. The molecule has 1 aromatic heterocycles. The summed E-state index contributed by atoms with van der Waals surface area (Å²) in [5.74, 6) is -2.02. The third-order valence-electron chi connectivity index (χ3n) is 2.62. The minimum absolute atomic E-state index is 0.0888. The second-order valence-corrected chi connectivity index (χ2v) is 5.61. The quantitative estimate of drug-likeness (QED) is 0.472. The summed E-state index contributed by atoms with van der Waals surface area (Å²) in [5, 5.41) is 4.33. The highest BCUT2D eigenvalue weighted by molar-refractivity contribution is 6.46. The van der Waals surface area contributed by atoms with Crippen molar-refractivity contribution in [2.45, 2.75) is 13.3 Å². The smallest absolute Gasteiger partial charge is 0.359 e. The number of ether oxygens (including phenoxy) is 1. The Balaban J connectivity index is 2.55. The molecule has 0 saturated carbocycles. The van der Waals surface area contributed by atoms with Gasteiger partial charge in [0.05, 0.1) is 17.3 Å². The summed E-state index contributed by atoms with van der Waals surface area (Å²) >= 11 is 17.3. The summed E-state index contributed by atoms with van der Waals surface area (Å²) in [5.41, 5.74) is 5.09. The number of anilines is 1. The van der Waals surface area contributed by atoms with E-state index in [0.29, 0.717) is 6.54 Å². The molecular weight excluding hydrogens is 383 g/mol. The SMILES string of the molecule is CCCNC(=O)CNC(=O)COC(=O)c1nc(Cl)c(Cl)c(N)c1Cl. The van der Waals surface area contributed by atoms with Crippen molar-refractivity contribution >= 4 is 58.3 Å². The number of carbonyl (C=O) groups excluding carboxylic acids is 3. The Morgan fingerprint density at radius 2 is 1.79 bits per heavy atom. The van der Waals surface area contributed by atoms with Crippen LogP contribution in [0.4, 0.5) is 5.69 Å². The van der Waals surface area contributed by atoms with E-state index in [1.165, 1.54) is 0 Å². The van der Waals surface area contributed by atoms with Gasteiger partial charge in [-0.2, -0.15) is 0 Å². The molecule has 4 N–H and O–H groups in total. The van der Waals surface area contributed by atoms with Crippen LogP contribution in [0.1, 0.15) is 23.8 Å². The van der Waals surface area contributed by atoms with E-state index in [1.54, 1.807) is 0 Å². The van der Waals surface area contributed by atoms with Crippen molar-refractivity contribution < 1.29 is 19.1 Å². The predicted molar refractivity (Wildman–Crippen MR) is 90.3 cm³/mol. The number of carbonyl (C=O) groups is 3. The maximum absolute atomic E-state index is 11.9. The van der Waals surface area contributed by atoms with Crippen molar-refractivity contribution in [2.75, 3.05) is 25.4 Å². The van der Waals surface area contributed by atoms with Gasteiger partial charge < -0.3 is 21.1 Å². The fraction of sp³-hybridized carbons (Fsp3) is 0.385. The number of nitrogens with one attached hydrogen (secondary N) is 2. The van der Waals surface area contributed by atoms with Crippen molar-refractivity contribution in [3.05, 3.63) is 20.9 Å². The average Bonchev–Trinajstić information content (AvgIpc) is 2.57. The maximum Gasteiger partial charge on any atom is 0.359 e. The number of nitrogen functional groups attached to an aromatic ring is 1. The second kappa shape index (κ2) is 9.51. The summed E-state index contributed by atoms with van der Waals surface area (Å²) in [7, 11) is 0. The van der Waals surface area contributed by atoms with E-state index in [1.807, 2.05) is 6.92 Å². The normalized spacial score (nSPS) is 10.2. The van der Waals surface area contributed by atoms with Crippen LogP contribution in [-0.2, 0) is 14.3 Å². The molecule has 0 aliphatic heterocycles. The van der Waals surface area contributed by atoms with Gasteiger partial charge in [0.1, 0.15) is 5.02 Å². The molecule has 8 nitrogen and oxygen atoms in total. The molecule has 0 saturated heterocycles. The number of nitrogens with zero attached hydrogens (tertiary/aromatic N) is 1. The van der Waals surface area contributed by atoms with Gasteiger partial charge in [0, 0.05) is 6.54 Å². The van der Waals surface area contributed by atoms with Gasteiger partial charge in [0.25, 0.3) is 5.91 Å². The summed E-state index contributed by atoms with van der Waals surface area (Å²) in [4.78, 5) is 38.4. The second-order valence-electron chi connectivity index (χ2n) is 4.50. The van der Waals surface area contributed by atoms with E-state index in [0.717, 1.165) is 6.42 Å². The molecule has 0 spiro atoms. The lowest BCUT2D eigenvalue weighted by molar-refractivity contribution is -0.127. The van der Waals surface area contributed by atoms with E-state index in [9.17, 15) is 14.4 Å². The van der Waals surface area contributed by atoms with Crippen LogP contribution >= 0.6 is 34.8 Å². The van der Waals surface area contributed by atoms with Gasteiger partial charge in [-0.05, 0) is 6.42 Å². The Morgan fingerprint density at radius 3 is 2.42 bits per heavy atom. The number of hydrogen-bond acceptors (Lipinski definition) is 6. The summed E-state index contributed by atoms with van der Waals surface area (Å²) in [6, 6.07) is 0. The molecule has 0 fully saturated rings. The van der Waals surface area contributed by atoms with E-state index in [4.69, 9.17) is 45.3 Å². The number of halogens is 3. The van der Waals surface area contributed by atoms with Gasteiger partial charge in [0.15, 0.2) is 17.5 Å². The maximum atomic E-state index is 11.9. The minimum Gasteiger partial charge on any atom is -0.451 e. The molecule has 1 heterocycles. The van der Waals surface area contributed by atoms with Gasteiger partial charge in [0.2, 0.25) is 5.91 Å². The van der Waals surface area contributed by atoms with Crippen LogP contribution in [0.2, 0.25) is 15.2 Å². The number of nitrogens with two attached hydrogens (primary N) is 1. The van der Waals surface area contributed by atoms with Crippen molar-refractivity contribution in [3.63, 3.8) is 0 Å². The lowest BCUT2D eigenvalue weighted by Gasteiger charge is -2.09. The van der Waals surface area contributed by atoms with Crippen LogP contribution in [0.3, 0.4) is 0 Å². The lowest BCUT2D eigenvalue weighted by Crippen LogP contribution is -2.39. The monoisotopic (exact) mass is 396 g/mol. The summed E-state index contributed by atoms with van der Waals surface area (Å²) < 4.78 is 4.75. The average molecular weight is 398 g/mol. The molecule has 0 aliphatic carbocycles. The van der Waals surface area contributed by atoms with E-state index in [2.05, 4.69) is 15.6 Å². The molecule has 0 aliphatic rings. The molecule has 2 amide bonds. The Kier molecular flexibility index (Phi) is 8.03. The Bertz CT molecular complexity index is 655. The number of pyridine rings is 1. The Labute approximate surface area is 153 Å². The molecule has 0 aromatic carbocycles. The first kappa shape index (κ1) is 20.3. The zero-order valence-electron chi connectivity index (χ0n) is 12.6. The number of aromatic nitrogens is 1. The number of rotatable bonds is 7. The minimum atomic E-state index is -1.00. The van der Waals surface area contributed by atoms with Crippen molar-refractivity contribution in [1.29, 1.82) is 0 Å². The lowest BCUT2D eigenvalue weighted by atomic mass is 10.3.